The third kappa shape index (κ3) is 2.45. The lowest BCUT2D eigenvalue weighted by Gasteiger charge is -2.08. The summed E-state index contributed by atoms with van der Waals surface area (Å²) in [6, 6.07) is 2.27. The maximum absolute atomic E-state index is 11.2. The third-order valence-corrected chi connectivity index (χ3v) is 2.06. The van der Waals surface area contributed by atoms with Crippen molar-refractivity contribution in [2.24, 2.45) is 0 Å². The molecular formula is C8H9NO5S. The number of hydrogen-bond donors (Lipinski definition) is 3. The quantitative estimate of drug-likeness (QED) is 0.613. The average molecular weight is 231 g/mol. The topological polar surface area (TPSA) is 91.9 Å². The Kier molecular flexibility index (Phi) is 3.28. The van der Waals surface area contributed by atoms with E-state index in [4.69, 9.17) is 15.3 Å². The fraction of sp³-hybridized carbons (Fsp3) is 0.250. The van der Waals surface area contributed by atoms with Crippen LogP contribution in [-0.4, -0.2) is 37.0 Å². The Labute approximate surface area is 90.3 Å². The second-order valence-corrected chi connectivity index (χ2v) is 3.20. The highest BCUT2D eigenvalue weighted by Crippen LogP contribution is 2.18. The number of aliphatic hydroxyl groups is 1. The molecule has 7 heteroatoms. The average Bonchev–Trinajstić information content (AvgIpc) is 2.47. The van der Waals surface area contributed by atoms with Crippen LogP contribution in [0.3, 0.4) is 0 Å². The first kappa shape index (κ1) is 11.5. The predicted octanol–water partition coefficient (Wildman–Crippen LogP) is -0.395. The van der Waals surface area contributed by atoms with Gasteiger partial charge in [0, 0.05) is 12.1 Å². The predicted molar refractivity (Wildman–Crippen MR) is 53.6 cm³/mol. The fourth-order valence-corrected chi connectivity index (χ4v) is 0.831. The van der Waals surface area contributed by atoms with Gasteiger partial charge in [-0.3, -0.25) is 0 Å². The maximum atomic E-state index is 11.2. The minimum Gasteiger partial charge on any atom is -0.492 e. The number of carbonyl (C=O) groups excluding carboxylic acids is 1. The molecule has 1 aromatic rings. The Balaban J connectivity index is 2.79. The molecule has 82 valence electrons. The number of rotatable bonds is 3. The van der Waals surface area contributed by atoms with E-state index in [1.54, 1.807) is 0 Å². The van der Waals surface area contributed by atoms with E-state index in [-0.39, 0.29) is 4.86 Å². The molecule has 15 heavy (non-hydrogen) atoms. The summed E-state index contributed by atoms with van der Waals surface area (Å²) in [5.74, 6) is -1.91. The van der Waals surface area contributed by atoms with Gasteiger partial charge in [-0.25, -0.2) is 4.79 Å². The van der Waals surface area contributed by atoms with Crippen LogP contribution in [0.2, 0.25) is 0 Å². The van der Waals surface area contributed by atoms with Crippen LogP contribution < -0.4 is 4.84 Å². The molecule has 0 aliphatic rings. The molecule has 1 rings (SSSR count). The monoisotopic (exact) mass is 231 g/mol. The highest BCUT2D eigenvalue weighted by molar-refractivity contribution is 7.82. The van der Waals surface area contributed by atoms with Crippen molar-refractivity contribution in [1.29, 1.82) is 0 Å². The summed E-state index contributed by atoms with van der Waals surface area (Å²) in [4.78, 5) is 15.4. The number of aromatic hydroxyl groups is 2. The molecule has 0 aromatic carbocycles. The van der Waals surface area contributed by atoms with Crippen molar-refractivity contribution in [1.82, 2.24) is 4.73 Å². The minimum atomic E-state index is -1.13. The molecule has 0 spiro atoms. The van der Waals surface area contributed by atoms with Crippen LogP contribution >= 0.6 is 12.2 Å². The molecule has 1 aromatic heterocycles. The van der Waals surface area contributed by atoms with Gasteiger partial charge in [0.05, 0.1) is 6.10 Å². The zero-order valence-corrected chi connectivity index (χ0v) is 8.56. The number of aliphatic hydroxyl groups excluding tert-OH is 1. The molecule has 3 N–H and O–H groups in total. The summed E-state index contributed by atoms with van der Waals surface area (Å²) in [7, 11) is 0. The first-order valence-electron chi connectivity index (χ1n) is 3.97. The first-order valence-corrected chi connectivity index (χ1v) is 4.38. The SMILES string of the molecule is CC(O)C(=S)C(=O)On1c(O)ccc1O. The molecule has 0 saturated carbocycles. The summed E-state index contributed by atoms with van der Waals surface area (Å²) in [6.07, 6.45) is -1.13. The minimum absolute atomic E-state index is 0.345. The van der Waals surface area contributed by atoms with Gasteiger partial charge in [-0.2, -0.15) is 0 Å². The smallest absolute Gasteiger partial charge is 0.373 e. The summed E-state index contributed by atoms with van der Waals surface area (Å²) < 4.78 is 0.497. The number of aromatic nitrogens is 1. The molecule has 0 bridgehead atoms. The van der Waals surface area contributed by atoms with Crippen molar-refractivity contribution in [3.8, 4) is 11.8 Å². The molecule has 1 unspecified atom stereocenters. The lowest BCUT2D eigenvalue weighted by atomic mass is 10.3. The lowest BCUT2D eigenvalue weighted by molar-refractivity contribution is -0.137. The van der Waals surface area contributed by atoms with Crippen LogP contribution in [0.4, 0.5) is 0 Å². The Hall–Kier alpha value is -1.60. The van der Waals surface area contributed by atoms with Crippen molar-refractivity contribution in [2.45, 2.75) is 13.0 Å². The van der Waals surface area contributed by atoms with Gasteiger partial charge < -0.3 is 20.2 Å². The molecule has 0 saturated heterocycles. The molecule has 0 aliphatic heterocycles. The molecule has 0 aliphatic carbocycles. The molecule has 0 fully saturated rings. The zero-order chi connectivity index (χ0) is 11.6. The standard InChI is InChI=1S/C8H9NO5S/c1-4(10)7(15)8(13)14-9-5(11)2-3-6(9)12/h2-4,10-12H,1H3. The Morgan fingerprint density at radius 1 is 1.47 bits per heavy atom. The van der Waals surface area contributed by atoms with Crippen LogP contribution in [0.25, 0.3) is 0 Å². The van der Waals surface area contributed by atoms with Gasteiger partial charge in [-0.05, 0) is 6.92 Å². The van der Waals surface area contributed by atoms with Gasteiger partial charge in [0.1, 0.15) is 4.86 Å². The van der Waals surface area contributed by atoms with Gasteiger partial charge >= 0.3 is 5.97 Å². The van der Waals surface area contributed by atoms with Crippen LogP contribution in [0.5, 0.6) is 11.8 Å². The van der Waals surface area contributed by atoms with Gasteiger partial charge in [0.2, 0.25) is 11.8 Å². The zero-order valence-electron chi connectivity index (χ0n) is 7.75. The number of nitrogens with zero attached hydrogens (tertiary/aromatic N) is 1. The second-order valence-electron chi connectivity index (χ2n) is 2.76. The van der Waals surface area contributed by atoms with Crippen molar-refractivity contribution < 1.29 is 25.0 Å². The Bertz CT molecular complexity index is 378. The highest BCUT2D eigenvalue weighted by atomic mass is 32.1. The lowest BCUT2D eigenvalue weighted by Crippen LogP contribution is -2.32. The van der Waals surface area contributed by atoms with Crippen molar-refractivity contribution in [2.75, 3.05) is 0 Å². The summed E-state index contributed by atoms with van der Waals surface area (Å²) in [5.41, 5.74) is 0. The normalized spacial score (nSPS) is 12.1. The van der Waals surface area contributed by atoms with Crippen LogP contribution in [0.1, 0.15) is 6.92 Å². The van der Waals surface area contributed by atoms with Gasteiger partial charge in [-0.15, -0.1) is 4.73 Å². The van der Waals surface area contributed by atoms with E-state index in [0.717, 1.165) is 12.1 Å². The first-order chi connectivity index (χ1) is 6.93. The van der Waals surface area contributed by atoms with E-state index < -0.39 is 23.8 Å². The van der Waals surface area contributed by atoms with Crippen molar-refractivity contribution in [3.63, 3.8) is 0 Å². The van der Waals surface area contributed by atoms with E-state index in [2.05, 4.69) is 17.1 Å². The van der Waals surface area contributed by atoms with Crippen molar-refractivity contribution in [3.05, 3.63) is 12.1 Å². The number of thiocarbonyl (C=S) groups is 1. The molecular weight excluding hydrogens is 222 g/mol. The van der Waals surface area contributed by atoms with Crippen molar-refractivity contribution >= 4 is 23.1 Å². The van der Waals surface area contributed by atoms with E-state index in [0.29, 0.717) is 4.73 Å². The molecule has 1 heterocycles. The Morgan fingerprint density at radius 3 is 2.33 bits per heavy atom. The van der Waals surface area contributed by atoms with Crippen LogP contribution in [0.15, 0.2) is 12.1 Å². The van der Waals surface area contributed by atoms with Crippen LogP contribution in [-0.2, 0) is 4.79 Å². The van der Waals surface area contributed by atoms with Gasteiger partial charge in [0.25, 0.3) is 0 Å². The fourth-order valence-electron chi connectivity index (χ4n) is 0.794. The van der Waals surface area contributed by atoms with Gasteiger partial charge in [0.15, 0.2) is 0 Å². The van der Waals surface area contributed by atoms with E-state index in [9.17, 15) is 4.79 Å². The highest BCUT2D eigenvalue weighted by Gasteiger charge is 2.19. The Morgan fingerprint density at radius 2 is 1.93 bits per heavy atom. The second kappa shape index (κ2) is 4.28. The molecule has 0 amide bonds. The van der Waals surface area contributed by atoms with E-state index in [1.807, 2.05) is 0 Å². The maximum Gasteiger partial charge on any atom is 0.373 e. The number of carbonyl (C=O) groups is 1. The summed E-state index contributed by atoms with van der Waals surface area (Å²) >= 11 is 4.56. The molecule has 1 atom stereocenters. The summed E-state index contributed by atoms with van der Waals surface area (Å²) in [6.45, 7) is 1.30. The van der Waals surface area contributed by atoms with Gasteiger partial charge in [-0.1, -0.05) is 12.2 Å². The third-order valence-electron chi connectivity index (χ3n) is 1.55. The van der Waals surface area contributed by atoms with E-state index >= 15 is 0 Å². The van der Waals surface area contributed by atoms with Crippen LogP contribution in [0, 0.1) is 0 Å². The number of hydrogen-bond acceptors (Lipinski definition) is 6. The van der Waals surface area contributed by atoms with E-state index in [1.165, 1.54) is 6.92 Å². The molecule has 6 nitrogen and oxygen atoms in total. The largest absolute Gasteiger partial charge is 0.492 e. The molecule has 0 radical (unpaired) electrons. The summed E-state index contributed by atoms with van der Waals surface area (Å²) in [5, 5.41) is 27.2.